The number of benzene rings is 1. The van der Waals surface area contributed by atoms with Crippen LogP contribution in [0.3, 0.4) is 0 Å². The van der Waals surface area contributed by atoms with Crippen LogP contribution in [0.25, 0.3) is 0 Å². The maximum Gasteiger partial charge on any atom is 0.163 e. The van der Waals surface area contributed by atoms with Crippen LogP contribution in [0.4, 0.5) is 5.69 Å². The Morgan fingerprint density at radius 3 is 2.84 bits per heavy atom. The summed E-state index contributed by atoms with van der Waals surface area (Å²) in [5, 5.41) is 17.1. The molecule has 1 aromatic carbocycles. The molecule has 5 N–H and O–H groups in total. The van der Waals surface area contributed by atoms with Gasteiger partial charge in [0.2, 0.25) is 0 Å². The summed E-state index contributed by atoms with van der Waals surface area (Å²) < 4.78 is 11.4. The van der Waals surface area contributed by atoms with Gasteiger partial charge in [-0.2, -0.15) is 0 Å². The average Bonchev–Trinajstić information content (AvgIpc) is 3.16. The first kappa shape index (κ1) is 18.3. The van der Waals surface area contributed by atoms with Crippen LogP contribution in [0.5, 0.6) is 11.5 Å². The molecule has 0 spiro atoms. The molecule has 2 heterocycles. The van der Waals surface area contributed by atoms with E-state index < -0.39 is 0 Å². The topological polar surface area (TPSA) is 78.6 Å². The lowest BCUT2D eigenvalue weighted by molar-refractivity contribution is 0.275. The predicted molar refractivity (Wildman–Crippen MR) is 100 cm³/mol. The van der Waals surface area contributed by atoms with Crippen molar-refractivity contribution in [2.45, 2.75) is 44.2 Å². The maximum absolute atomic E-state index is 6.00. The molecule has 2 fully saturated rings. The van der Waals surface area contributed by atoms with Crippen molar-refractivity contribution in [2.24, 2.45) is 0 Å². The van der Waals surface area contributed by atoms with Gasteiger partial charge in [0.1, 0.15) is 6.29 Å². The smallest absolute Gasteiger partial charge is 0.163 e. The third-order valence-electron chi connectivity index (χ3n) is 4.86. The van der Waals surface area contributed by atoms with Crippen LogP contribution in [0.2, 0.25) is 0 Å². The summed E-state index contributed by atoms with van der Waals surface area (Å²) in [5.74, 6) is 1.55. The van der Waals surface area contributed by atoms with Crippen LogP contribution < -0.4 is 36.1 Å². The second-order valence-corrected chi connectivity index (χ2v) is 6.62. The standard InChI is InChI=1S/C18H31N5O2/c1-19-17-7-10-21-18(23-17)22-14-5-6-15(24-2)16(12-14)25-11-8-13-4-3-9-20-13/h5-6,12-13,17-23H,3-4,7-11H2,1-2H3/t13-,17?,18?/m1/s1. The fourth-order valence-electron chi connectivity index (χ4n) is 3.40. The summed E-state index contributed by atoms with van der Waals surface area (Å²) in [6.07, 6.45) is 4.93. The van der Waals surface area contributed by atoms with Gasteiger partial charge in [0.25, 0.3) is 0 Å². The van der Waals surface area contributed by atoms with Crippen LogP contribution >= 0.6 is 0 Å². The molecule has 2 unspecified atom stereocenters. The van der Waals surface area contributed by atoms with E-state index in [0.29, 0.717) is 18.8 Å². The molecule has 0 aromatic heterocycles. The van der Waals surface area contributed by atoms with Gasteiger partial charge in [0.05, 0.1) is 19.9 Å². The van der Waals surface area contributed by atoms with Gasteiger partial charge in [0, 0.05) is 24.3 Å². The fraction of sp³-hybridized carbons (Fsp3) is 0.667. The van der Waals surface area contributed by atoms with Gasteiger partial charge in [-0.15, -0.1) is 0 Å². The predicted octanol–water partition coefficient (Wildman–Crippen LogP) is 1.04. The molecule has 3 rings (SSSR count). The van der Waals surface area contributed by atoms with Crippen molar-refractivity contribution in [1.82, 2.24) is 21.3 Å². The van der Waals surface area contributed by atoms with E-state index in [-0.39, 0.29) is 6.29 Å². The van der Waals surface area contributed by atoms with Crippen LogP contribution in [0, 0.1) is 0 Å². The summed E-state index contributed by atoms with van der Waals surface area (Å²) in [7, 11) is 3.65. The van der Waals surface area contributed by atoms with Crippen LogP contribution in [-0.4, -0.2) is 52.4 Å². The highest BCUT2D eigenvalue weighted by Gasteiger charge is 2.19. The zero-order valence-electron chi connectivity index (χ0n) is 15.2. The monoisotopic (exact) mass is 349 g/mol. The molecule has 2 aliphatic rings. The Balaban J connectivity index is 1.56. The van der Waals surface area contributed by atoms with E-state index in [1.54, 1.807) is 7.11 Å². The summed E-state index contributed by atoms with van der Waals surface area (Å²) in [5.41, 5.74) is 0.997. The first-order valence-electron chi connectivity index (χ1n) is 9.26. The molecule has 25 heavy (non-hydrogen) atoms. The largest absolute Gasteiger partial charge is 0.493 e. The molecule has 0 aliphatic carbocycles. The molecule has 0 saturated carbocycles. The van der Waals surface area contributed by atoms with E-state index >= 15 is 0 Å². The highest BCUT2D eigenvalue weighted by molar-refractivity contribution is 5.55. The summed E-state index contributed by atoms with van der Waals surface area (Å²) >= 11 is 0. The molecule has 7 heteroatoms. The van der Waals surface area contributed by atoms with E-state index in [9.17, 15) is 0 Å². The van der Waals surface area contributed by atoms with Crippen molar-refractivity contribution in [3.05, 3.63) is 18.2 Å². The lowest BCUT2D eigenvalue weighted by Gasteiger charge is -2.33. The summed E-state index contributed by atoms with van der Waals surface area (Å²) in [6.45, 7) is 2.78. The van der Waals surface area contributed by atoms with E-state index in [2.05, 4.69) is 26.6 Å². The number of ether oxygens (including phenoxy) is 2. The van der Waals surface area contributed by atoms with Crippen molar-refractivity contribution in [1.29, 1.82) is 0 Å². The van der Waals surface area contributed by atoms with E-state index in [4.69, 9.17) is 9.47 Å². The molecule has 1 aromatic rings. The van der Waals surface area contributed by atoms with Gasteiger partial charge in [-0.05, 0) is 51.4 Å². The Morgan fingerprint density at radius 2 is 2.08 bits per heavy atom. The van der Waals surface area contributed by atoms with E-state index in [0.717, 1.165) is 43.1 Å². The van der Waals surface area contributed by atoms with Crippen molar-refractivity contribution in [2.75, 3.05) is 39.2 Å². The van der Waals surface area contributed by atoms with Crippen molar-refractivity contribution < 1.29 is 9.47 Å². The maximum atomic E-state index is 6.00. The third kappa shape index (κ3) is 5.22. The van der Waals surface area contributed by atoms with Crippen molar-refractivity contribution in [3.8, 4) is 11.5 Å². The molecule has 2 aliphatic heterocycles. The van der Waals surface area contributed by atoms with Gasteiger partial charge in [-0.25, -0.2) is 0 Å². The number of rotatable bonds is 8. The van der Waals surface area contributed by atoms with Gasteiger partial charge in [-0.3, -0.25) is 10.6 Å². The first-order valence-corrected chi connectivity index (χ1v) is 9.26. The van der Waals surface area contributed by atoms with E-state index in [1.165, 1.54) is 12.8 Å². The zero-order chi connectivity index (χ0) is 17.5. The minimum atomic E-state index is 0.0233. The molecule has 3 atom stereocenters. The molecular formula is C18H31N5O2. The van der Waals surface area contributed by atoms with Crippen LogP contribution in [0.1, 0.15) is 25.7 Å². The van der Waals surface area contributed by atoms with Crippen LogP contribution in [0.15, 0.2) is 18.2 Å². The van der Waals surface area contributed by atoms with E-state index in [1.807, 2.05) is 25.2 Å². The second-order valence-electron chi connectivity index (χ2n) is 6.62. The average molecular weight is 349 g/mol. The van der Waals surface area contributed by atoms with Gasteiger partial charge in [-0.1, -0.05) is 0 Å². The SMILES string of the molecule is CNC1CCNC(Nc2ccc(OC)c(OCC[C@H]3CCCN3)c2)N1. The highest BCUT2D eigenvalue weighted by atomic mass is 16.5. The number of hydrogen-bond acceptors (Lipinski definition) is 7. The summed E-state index contributed by atoms with van der Waals surface area (Å²) in [4.78, 5) is 0. The Kier molecular flexibility index (Phi) is 6.75. The molecule has 0 bridgehead atoms. The number of nitrogens with one attached hydrogen (secondary N) is 5. The lowest BCUT2D eigenvalue weighted by Crippen LogP contribution is -2.61. The Labute approximate surface area is 150 Å². The van der Waals surface area contributed by atoms with Crippen molar-refractivity contribution in [3.63, 3.8) is 0 Å². The zero-order valence-corrected chi connectivity index (χ0v) is 15.2. The Hall–Kier alpha value is -1.54. The minimum absolute atomic E-state index is 0.0233. The quantitative estimate of drug-likeness (QED) is 0.480. The number of methoxy groups -OCH3 is 1. The lowest BCUT2D eigenvalue weighted by atomic mass is 10.2. The van der Waals surface area contributed by atoms with Gasteiger partial charge >= 0.3 is 0 Å². The molecule has 2 saturated heterocycles. The third-order valence-corrected chi connectivity index (χ3v) is 4.86. The normalized spacial score (nSPS) is 26.4. The molecule has 0 amide bonds. The fourth-order valence-corrected chi connectivity index (χ4v) is 3.40. The number of hydrogen-bond donors (Lipinski definition) is 5. The van der Waals surface area contributed by atoms with Crippen LogP contribution in [-0.2, 0) is 0 Å². The Bertz CT molecular complexity index is 536. The molecule has 0 radical (unpaired) electrons. The second kappa shape index (κ2) is 9.24. The number of anilines is 1. The van der Waals surface area contributed by atoms with Gasteiger partial charge in [0.15, 0.2) is 11.5 Å². The molecule has 7 nitrogen and oxygen atoms in total. The first-order chi connectivity index (χ1) is 12.3. The molecule has 140 valence electrons. The minimum Gasteiger partial charge on any atom is -0.493 e. The Morgan fingerprint density at radius 1 is 1.16 bits per heavy atom. The summed E-state index contributed by atoms with van der Waals surface area (Å²) in [6, 6.07) is 6.55. The van der Waals surface area contributed by atoms with Gasteiger partial charge < -0.3 is 25.4 Å². The highest BCUT2D eigenvalue weighted by Crippen LogP contribution is 2.30. The molecular weight excluding hydrogens is 318 g/mol. The van der Waals surface area contributed by atoms with Crippen molar-refractivity contribution >= 4 is 5.69 Å².